The van der Waals surface area contributed by atoms with Crippen LogP contribution < -0.4 is 5.32 Å². The Kier molecular flexibility index (Phi) is 6.37. The molecule has 0 spiro atoms. The quantitative estimate of drug-likeness (QED) is 0.554. The number of esters is 1. The van der Waals surface area contributed by atoms with Crippen LogP contribution in [0.15, 0.2) is 47.1 Å². The molecule has 0 unspecified atom stereocenters. The van der Waals surface area contributed by atoms with Crippen molar-refractivity contribution in [2.75, 3.05) is 11.9 Å². The molecule has 3 aromatic rings. The van der Waals surface area contributed by atoms with Crippen molar-refractivity contribution in [2.45, 2.75) is 46.5 Å². The molecule has 1 atom stereocenters. The standard InChI is InChI=1S/C24H27NO4/c1-5-15(2)18-6-8-20(9-7-18)25-23(26)14-29-24(27)12-19-13-28-22-11-17(4)16(3)10-21(19)22/h6-11,13,15H,5,12,14H2,1-4H3,(H,25,26)/t15-/m1/s1. The molecule has 0 saturated carbocycles. The second-order valence-corrected chi connectivity index (χ2v) is 7.51. The van der Waals surface area contributed by atoms with Gasteiger partial charge >= 0.3 is 5.97 Å². The molecule has 1 amide bonds. The minimum atomic E-state index is -0.465. The van der Waals surface area contributed by atoms with Gasteiger partial charge in [0.1, 0.15) is 5.58 Å². The highest BCUT2D eigenvalue weighted by atomic mass is 16.5. The predicted molar refractivity (Wildman–Crippen MR) is 114 cm³/mol. The van der Waals surface area contributed by atoms with Gasteiger partial charge in [0.2, 0.25) is 0 Å². The fourth-order valence-electron chi connectivity index (χ4n) is 3.15. The maximum atomic E-state index is 12.2. The smallest absolute Gasteiger partial charge is 0.310 e. The van der Waals surface area contributed by atoms with Gasteiger partial charge in [-0.1, -0.05) is 26.0 Å². The molecule has 0 aliphatic carbocycles. The summed E-state index contributed by atoms with van der Waals surface area (Å²) in [6, 6.07) is 11.7. The Hall–Kier alpha value is -3.08. The van der Waals surface area contributed by atoms with Gasteiger partial charge in [0.15, 0.2) is 6.61 Å². The van der Waals surface area contributed by atoms with Crippen molar-refractivity contribution in [2.24, 2.45) is 0 Å². The Morgan fingerprint density at radius 3 is 2.48 bits per heavy atom. The molecular formula is C24H27NO4. The summed E-state index contributed by atoms with van der Waals surface area (Å²) in [6.45, 7) is 8.02. The molecule has 0 saturated heterocycles. The van der Waals surface area contributed by atoms with Gasteiger partial charge in [0.05, 0.1) is 12.7 Å². The number of aryl methyl sites for hydroxylation is 2. The molecule has 2 aromatic carbocycles. The Morgan fingerprint density at radius 1 is 1.10 bits per heavy atom. The lowest BCUT2D eigenvalue weighted by Gasteiger charge is -2.10. The summed E-state index contributed by atoms with van der Waals surface area (Å²) >= 11 is 0. The van der Waals surface area contributed by atoms with Gasteiger partial charge in [-0.05, 0) is 67.1 Å². The highest BCUT2D eigenvalue weighted by Gasteiger charge is 2.14. The van der Waals surface area contributed by atoms with E-state index in [1.807, 2.05) is 50.2 Å². The van der Waals surface area contributed by atoms with Gasteiger partial charge in [0.25, 0.3) is 5.91 Å². The first-order chi connectivity index (χ1) is 13.9. The van der Waals surface area contributed by atoms with E-state index in [1.165, 1.54) is 5.56 Å². The third kappa shape index (κ3) is 5.05. The highest BCUT2D eigenvalue weighted by molar-refractivity contribution is 5.93. The van der Waals surface area contributed by atoms with E-state index in [-0.39, 0.29) is 18.9 Å². The lowest BCUT2D eigenvalue weighted by Crippen LogP contribution is -2.21. The second-order valence-electron chi connectivity index (χ2n) is 7.51. The number of carbonyl (C=O) groups excluding carboxylic acids is 2. The van der Waals surface area contributed by atoms with Crippen molar-refractivity contribution < 1.29 is 18.7 Å². The third-order valence-corrected chi connectivity index (χ3v) is 5.34. The van der Waals surface area contributed by atoms with Crippen LogP contribution in [0.2, 0.25) is 0 Å². The second kappa shape index (κ2) is 8.95. The van der Waals surface area contributed by atoms with Crippen LogP contribution in [0.5, 0.6) is 0 Å². The zero-order chi connectivity index (χ0) is 21.0. The molecule has 0 fully saturated rings. The topological polar surface area (TPSA) is 68.5 Å². The molecule has 5 heteroatoms. The molecule has 0 aliphatic heterocycles. The molecule has 1 aromatic heterocycles. The molecule has 5 nitrogen and oxygen atoms in total. The molecule has 0 bridgehead atoms. The molecule has 1 N–H and O–H groups in total. The molecular weight excluding hydrogens is 366 g/mol. The number of furan rings is 1. The molecule has 1 heterocycles. The average Bonchev–Trinajstić information content (AvgIpc) is 3.08. The number of ether oxygens (including phenoxy) is 1. The summed E-state index contributed by atoms with van der Waals surface area (Å²) in [7, 11) is 0. The lowest BCUT2D eigenvalue weighted by molar-refractivity contribution is -0.146. The molecule has 3 rings (SSSR count). The summed E-state index contributed by atoms with van der Waals surface area (Å²) in [4.78, 5) is 24.3. The van der Waals surface area contributed by atoms with E-state index < -0.39 is 5.97 Å². The SMILES string of the molecule is CC[C@@H](C)c1ccc(NC(=O)COC(=O)Cc2coc3cc(C)c(C)cc23)cc1. The van der Waals surface area contributed by atoms with Crippen LogP contribution in [-0.2, 0) is 20.7 Å². The van der Waals surface area contributed by atoms with Crippen molar-refractivity contribution >= 4 is 28.5 Å². The minimum absolute atomic E-state index is 0.0619. The van der Waals surface area contributed by atoms with Crippen molar-refractivity contribution in [1.82, 2.24) is 0 Å². The largest absolute Gasteiger partial charge is 0.464 e. The van der Waals surface area contributed by atoms with Crippen molar-refractivity contribution in [1.29, 1.82) is 0 Å². The number of anilines is 1. The normalized spacial score (nSPS) is 12.0. The van der Waals surface area contributed by atoms with Crippen molar-refractivity contribution in [3.05, 3.63) is 64.9 Å². The van der Waals surface area contributed by atoms with Crippen LogP contribution >= 0.6 is 0 Å². The van der Waals surface area contributed by atoms with Crippen LogP contribution in [0, 0.1) is 13.8 Å². The number of rotatable bonds is 7. The van der Waals surface area contributed by atoms with E-state index in [0.29, 0.717) is 11.6 Å². The fraction of sp³-hybridized carbons (Fsp3) is 0.333. The fourth-order valence-corrected chi connectivity index (χ4v) is 3.15. The Labute approximate surface area is 171 Å². The van der Waals surface area contributed by atoms with Gasteiger partial charge in [-0.3, -0.25) is 9.59 Å². The number of fused-ring (bicyclic) bond motifs is 1. The van der Waals surface area contributed by atoms with Crippen LogP contribution in [0.25, 0.3) is 11.0 Å². The summed E-state index contributed by atoms with van der Waals surface area (Å²) in [6.07, 6.45) is 2.70. The molecule has 0 aliphatic rings. The zero-order valence-electron chi connectivity index (χ0n) is 17.4. The van der Waals surface area contributed by atoms with Gasteiger partial charge in [-0.25, -0.2) is 0 Å². The minimum Gasteiger partial charge on any atom is -0.464 e. The van der Waals surface area contributed by atoms with Crippen molar-refractivity contribution in [3.8, 4) is 0 Å². The molecule has 0 radical (unpaired) electrons. The zero-order valence-corrected chi connectivity index (χ0v) is 17.4. The van der Waals surface area contributed by atoms with E-state index in [1.54, 1.807) is 6.26 Å². The van der Waals surface area contributed by atoms with Gasteiger partial charge < -0.3 is 14.5 Å². The summed E-state index contributed by atoms with van der Waals surface area (Å²) in [5, 5.41) is 3.65. The Balaban J connectivity index is 1.53. The van der Waals surface area contributed by atoms with Gasteiger partial charge in [-0.2, -0.15) is 0 Å². The van der Waals surface area contributed by atoms with Gasteiger partial charge in [-0.15, -0.1) is 0 Å². The first-order valence-electron chi connectivity index (χ1n) is 9.90. The van der Waals surface area contributed by atoms with Crippen molar-refractivity contribution in [3.63, 3.8) is 0 Å². The van der Waals surface area contributed by atoms with E-state index in [2.05, 4.69) is 19.2 Å². The van der Waals surface area contributed by atoms with Crippen LogP contribution in [-0.4, -0.2) is 18.5 Å². The van der Waals surface area contributed by atoms with Crippen LogP contribution in [0.1, 0.15) is 48.4 Å². The number of amides is 1. The maximum absolute atomic E-state index is 12.2. The number of hydrogen-bond donors (Lipinski definition) is 1. The summed E-state index contributed by atoms with van der Waals surface area (Å²) < 4.78 is 10.7. The van der Waals surface area contributed by atoms with E-state index in [4.69, 9.17) is 9.15 Å². The van der Waals surface area contributed by atoms with Crippen LogP contribution in [0.3, 0.4) is 0 Å². The third-order valence-electron chi connectivity index (χ3n) is 5.34. The number of hydrogen-bond acceptors (Lipinski definition) is 4. The van der Waals surface area contributed by atoms with E-state index >= 15 is 0 Å². The Morgan fingerprint density at radius 2 is 1.79 bits per heavy atom. The van der Waals surface area contributed by atoms with E-state index in [0.717, 1.165) is 34.1 Å². The number of carbonyl (C=O) groups is 2. The maximum Gasteiger partial charge on any atom is 0.310 e. The average molecular weight is 393 g/mol. The number of benzene rings is 2. The molecule has 29 heavy (non-hydrogen) atoms. The first kappa shape index (κ1) is 20.6. The van der Waals surface area contributed by atoms with E-state index in [9.17, 15) is 9.59 Å². The summed E-state index contributed by atoms with van der Waals surface area (Å²) in [5.74, 6) is -0.348. The summed E-state index contributed by atoms with van der Waals surface area (Å²) in [5.41, 5.74) is 5.69. The first-order valence-corrected chi connectivity index (χ1v) is 9.90. The highest BCUT2D eigenvalue weighted by Crippen LogP contribution is 2.25. The lowest BCUT2D eigenvalue weighted by atomic mass is 9.99. The molecule has 152 valence electrons. The predicted octanol–water partition coefficient (Wildman–Crippen LogP) is 5.29. The Bertz CT molecular complexity index is 1020. The number of nitrogens with one attached hydrogen (secondary N) is 1. The monoisotopic (exact) mass is 393 g/mol. The van der Waals surface area contributed by atoms with Crippen LogP contribution in [0.4, 0.5) is 5.69 Å². The van der Waals surface area contributed by atoms with Gasteiger partial charge in [0, 0.05) is 16.6 Å².